The second kappa shape index (κ2) is 8.42. The average molecular weight is 292 g/mol. The van der Waals surface area contributed by atoms with Crippen molar-refractivity contribution in [3.05, 3.63) is 29.8 Å². The Kier molecular flexibility index (Phi) is 6.88. The molecule has 0 saturated heterocycles. The number of benzene rings is 1. The van der Waals surface area contributed by atoms with Crippen molar-refractivity contribution in [3.8, 4) is 0 Å². The van der Waals surface area contributed by atoms with Crippen LogP contribution in [-0.4, -0.2) is 42.0 Å². The van der Waals surface area contributed by atoms with Crippen LogP contribution in [0.3, 0.4) is 0 Å². The number of rotatable bonds is 8. The van der Waals surface area contributed by atoms with Crippen LogP contribution in [0.5, 0.6) is 0 Å². The second-order valence-corrected chi connectivity index (χ2v) is 5.56. The summed E-state index contributed by atoms with van der Waals surface area (Å²) >= 11 is 0. The normalized spacial score (nSPS) is 10.9. The van der Waals surface area contributed by atoms with Crippen molar-refractivity contribution in [2.75, 3.05) is 25.5 Å². The summed E-state index contributed by atoms with van der Waals surface area (Å²) in [6.07, 6.45) is 0.671. The topological polar surface area (TPSA) is 69.6 Å². The first-order chi connectivity index (χ1) is 9.88. The Morgan fingerprint density at radius 3 is 2.67 bits per heavy atom. The van der Waals surface area contributed by atoms with Crippen LogP contribution in [0.4, 0.5) is 5.69 Å². The fourth-order valence-corrected chi connectivity index (χ4v) is 2.00. The summed E-state index contributed by atoms with van der Waals surface area (Å²) in [5, 5.41) is 11.4. The van der Waals surface area contributed by atoms with Crippen molar-refractivity contribution in [1.82, 2.24) is 4.90 Å². The first kappa shape index (κ1) is 17.2. The van der Waals surface area contributed by atoms with Crippen LogP contribution in [0, 0.1) is 0 Å². The molecule has 0 bridgehead atoms. The molecule has 0 atom stereocenters. The highest BCUT2D eigenvalue weighted by Gasteiger charge is 2.08. The predicted octanol–water partition coefficient (Wildman–Crippen LogP) is 2.55. The van der Waals surface area contributed by atoms with Gasteiger partial charge in [0.05, 0.1) is 6.54 Å². The summed E-state index contributed by atoms with van der Waals surface area (Å²) < 4.78 is 0. The molecule has 0 spiro atoms. The molecule has 0 fully saturated rings. The maximum Gasteiger partial charge on any atom is 0.303 e. The molecular weight excluding hydrogens is 268 g/mol. The Hall–Kier alpha value is -1.88. The van der Waals surface area contributed by atoms with E-state index in [1.807, 2.05) is 36.2 Å². The Balaban J connectivity index is 2.42. The number of aliphatic carboxylic acids is 1. The van der Waals surface area contributed by atoms with E-state index in [0.29, 0.717) is 18.9 Å². The van der Waals surface area contributed by atoms with Crippen molar-refractivity contribution >= 4 is 17.6 Å². The number of nitrogens with zero attached hydrogens (tertiary/aromatic N) is 1. The minimum atomic E-state index is -0.807. The van der Waals surface area contributed by atoms with Crippen LogP contribution in [0.2, 0.25) is 0 Å². The number of carboxylic acid groups (broad SMARTS) is 1. The zero-order valence-corrected chi connectivity index (χ0v) is 12.9. The van der Waals surface area contributed by atoms with Crippen LogP contribution >= 0.6 is 0 Å². The van der Waals surface area contributed by atoms with Gasteiger partial charge >= 0.3 is 5.97 Å². The molecule has 1 amide bonds. The van der Waals surface area contributed by atoms with Gasteiger partial charge in [-0.2, -0.15) is 0 Å². The minimum Gasteiger partial charge on any atom is -0.481 e. The summed E-state index contributed by atoms with van der Waals surface area (Å²) in [5.74, 6) is -0.479. The SMILES string of the molecule is CC(C)c1cccc(NC(=O)CN(C)CCCC(=O)O)c1. The number of carboxylic acids is 1. The van der Waals surface area contributed by atoms with Gasteiger partial charge in [0.25, 0.3) is 0 Å². The smallest absolute Gasteiger partial charge is 0.303 e. The third-order valence-corrected chi connectivity index (χ3v) is 3.18. The lowest BCUT2D eigenvalue weighted by molar-refractivity contribution is -0.137. The number of amides is 1. The third kappa shape index (κ3) is 6.90. The zero-order chi connectivity index (χ0) is 15.8. The van der Waals surface area contributed by atoms with Gasteiger partial charge in [0, 0.05) is 12.1 Å². The maximum absolute atomic E-state index is 11.9. The first-order valence-corrected chi connectivity index (χ1v) is 7.18. The van der Waals surface area contributed by atoms with E-state index in [2.05, 4.69) is 19.2 Å². The molecule has 0 aliphatic heterocycles. The lowest BCUT2D eigenvalue weighted by atomic mass is 10.0. The Bertz CT molecular complexity index is 486. The van der Waals surface area contributed by atoms with Crippen LogP contribution in [0.15, 0.2) is 24.3 Å². The lowest BCUT2D eigenvalue weighted by Crippen LogP contribution is -2.31. The molecule has 0 aromatic heterocycles. The molecule has 1 aromatic carbocycles. The van der Waals surface area contributed by atoms with Crippen LogP contribution < -0.4 is 5.32 Å². The van der Waals surface area contributed by atoms with Crippen molar-refractivity contribution < 1.29 is 14.7 Å². The molecule has 0 radical (unpaired) electrons. The summed E-state index contributed by atoms with van der Waals surface area (Å²) in [6, 6.07) is 7.82. The largest absolute Gasteiger partial charge is 0.481 e. The summed E-state index contributed by atoms with van der Waals surface area (Å²) in [7, 11) is 1.81. The molecule has 116 valence electrons. The maximum atomic E-state index is 11.9. The number of anilines is 1. The number of likely N-dealkylation sites (N-methyl/N-ethyl adjacent to an activating group) is 1. The molecule has 21 heavy (non-hydrogen) atoms. The van der Waals surface area contributed by atoms with Crippen LogP contribution in [-0.2, 0) is 9.59 Å². The van der Waals surface area contributed by atoms with Crippen molar-refractivity contribution in [2.24, 2.45) is 0 Å². The average Bonchev–Trinajstić information content (AvgIpc) is 2.38. The molecule has 0 heterocycles. The van der Waals surface area contributed by atoms with E-state index in [4.69, 9.17) is 5.11 Å². The summed E-state index contributed by atoms with van der Waals surface area (Å²) in [6.45, 7) is 5.06. The Morgan fingerprint density at radius 2 is 2.05 bits per heavy atom. The minimum absolute atomic E-state index is 0.0891. The summed E-state index contributed by atoms with van der Waals surface area (Å²) in [5.41, 5.74) is 1.98. The highest BCUT2D eigenvalue weighted by Crippen LogP contribution is 2.18. The van der Waals surface area contributed by atoms with Crippen molar-refractivity contribution in [3.63, 3.8) is 0 Å². The number of nitrogens with one attached hydrogen (secondary N) is 1. The van der Waals surface area contributed by atoms with E-state index in [9.17, 15) is 9.59 Å². The van der Waals surface area contributed by atoms with Gasteiger partial charge in [-0.1, -0.05) is 26.0 Å². The third-order valence-electron chi connectivity index (χ3n) is 3.18. The van der Waals surface area contributed by atoms with Crippen LogP contribution in [0.1, 0.15) is 38.2 Å². The quantitative estimate of drug-likeness (QED) is 0.772. The molecule has 0 aliphatic carbocycles. The van der Waals surface area contributed by atoms with Gasteiger partial charge in [-0.3, -0.25) is 14.5 Å². The molecule has 2 N–H and O–H groups in total. The standard InChI is InChI=1S/C16H24N2O3/c1-12(2)13-6-4-7-14(10-13)17-15(19)11-18(3)9-5-8-16(20)21/h4,6-7,10,12H,5,8-9,11H2,1-3H3,(H,17,19)(H,20,21). The molecule has 0 aliphatic rings. The number of carbonyl (C=O) groups is 2. The van der Waals surface area contributed by atoms with Crippen molar-refractivity contribution in [1.29, 1.82) is 0 Å². The molecule has 5 nitrogen and oxygen atoms in total. The predicted molar refractivity (Wildman–Crippen MR) is 83.5 cm³/mol. The highest BCUT2D eigenvalue weighted by atomic mass is 16.4. The van der Waals surface area contributed by atoms with E-state index >= 15 is 0 Å². The van der Waals surface area contributed by atoms with Crippen LogP contribution in [0.25, 0.3) is 0 Å². The highest BCUT2D eigenvalue weighted by molar-refractivity contribution is 5.92. The van der Waals surface area contributed by atoms with Gasteiger partial charge in [-0.25, -0.2) is 0 Å². The van der Waals surface area contributed by atoms with E-state index in [-0.39, 0.29) is 18.9 Å². The fraction of sp³-hybridized carbons (Fsp3) is 0.500. The van der Waals surface area contributed by atoms with Gasteiger partial charge in [0.1, 0.15) is 0 Å². The first-order valence-electron chi connectivity index (χ1n) is 7.18. The monoisotopic (exact) mass is 292 g/mol. The molecule has 1 rings (SSSR count). The lowest BCUT2D eigenvalue weighted by Gasteiger charge is -2.16. The fourth-order valence-electron chi connectivity index (χ4n) is 2.00. The molecule has 0 saturated carbocycles. The Morgan fingerprint density at radius 1 is 1.33 bits per heavy atom. The second-order valence-electron chi connectivity index (χ2n) is 5.56. The Labute approximate surface area is 126 Å². The van der Waals surface area contributed by atoms with Gasteiger partial charge in [-0.15, -0.1) is 0 Å². The zero-order valence-electron chi connectivity index (χ0n) is 12.9. The van der Waals surface area contributed by atoms with Gasteiger partial charge in [0.15, 0.2) is 0 Å². The van der Waals surface area contributed by atoms with E-state index < -0.39 is 5.97 Å². The molecule has 5 heteroatoms. The molecule has 0 unspecified atom stereocenters. The van der Waals surface area contributed by atoms with E-state index in [0.717, 1.165) is 5.69 Å². The van der Waals surface area contributed by atoms with E-state index in [1.165, 1.54) is 5.56 Å². The number of carbonyl (C=O) groups excluding carboxylic acids is 1. The van der Waals surface area contributed by atoms with Gasteiger partial charge in [-0.05, 0) is 43.6 Å². The number of hydrogen-bond acceptors (Lipinski definition) is 3. The summed E-state index contributed by atoms with van der Waals surface area (Å²) in [4.78, 5) is 24.2. The molecular formula is C16H24N2O3. The van der Waals surface area contributed by atoms with Crippen molar-refractivity contribution in [2.45, 2.75) is 32.6 Å². The molecule has 1 aromatic rings. The van der Waals surface area contributed by atoms with Gasteiger partial charge < -0.3 is 10.4 Å². The number of hydrogen-bond donors (Lipinski definition) is 2. The van der Waals surface area contributed by atoms with Gasteiger partial charge in [0.2, 0.25) is 5.91 Å². The van der Waals surface area contributed by atoms with E-state index in [1.54, 1.807) is 0 Å².